The fraction of sp³-hybridized carbons (Fsp3) is 0.0667. The second-order valence-electron chi connectivity index (χ2n) is 16.7. The van der Waals surface area contributed by atoms with Crippen molar-refractivity contribution >= 4 is 33.4 Å². The summed E-state index contributed by atoms with van der Waals surface area (Å²) in [5, 5.41) is 2.51. The van der Waals surface area contributed by atoms with Crippen molar-refractivity contribution < 1.29 is 0 Å². The van der Waals surface area contributed by atoms with Gasteiger partial charge in [0.2, 0.25) is 0 Å². The first-order valence-electron chi connectivity index (χ1n) is 21.5. The molecular weight excluding hydrogens is 735 g/mol. The first kappa shape index (κ1) is 35.5. The third kappa shape index (κ3) is 5.08. The van der Waals surface area contributed by atoms with Crippen LogP contribution in [0, 0.1) is 5.92 Å². The van der Waals surface area contributed by atoms with Crippen molar-refractivity contribution in [3.63, 3.8) is 0 Å². The summed E-state index contributed by atoms with van der Waals surface area (Å²) in [5.41, 5.74) is 16.9. The van der Waals surface area contributed by atoms with Gasteiger partial charge in [-0.3, -0.25) is 0 Å². The van der Waals surface area contributed by atoms with Crippen LogP contribution in [0.1, 0.15) is 50.9 Å². The molecule has 288 valence electrons. The van der Waals surface area contributed by atoms with Crippen LogP contribution in [0.4, 0.5) is 17.1 Å². The van der Waals surface area contributed by atoms with Crippen LogP contribution in [0.3, 0.4) is 0 Å². The first-order chi connectivity index (χ1) is 30.3. The van der Waals surface area contributed by atoms with E-state index in [2.05, 4.69) is 248 Å². The van der Waals surface area contributed by atoms with Gasteiger partial charge in [-0.2, -0.15) is 0 Å². The van der Waals surface area contributed by atoms with Crippen LogP contribution in [0.25, 0.3) is 27.5 Å². The van der Waals surface area contributed by atoms with Gasteiger partial charge < -0.3 is 4.90 Å². The summed E-state index contributed by atoms with van der Waals surface area (Å²) in [6.07, 6.45) is 8.03. The highest BCUT2D eigenvalue weighted by molar-refractivity contribution is 5.97. The SMILES string of the molecule is C1=CCC2C(=C1)c1cccc3c1C2(c1ccccc1)c1ccccc1C3(c1ccccc1)c1ccccc1N(c1ccccc1)c1ccc(-c2cccc3ccccc23)cc1. The highest BCUT2D eigenvalue weighted by Crippen LogP contribution is 2.68. The topological polar surface area (TPSA) is 3.24 Å². The smallest absolute Gasteiger partial charge is 0.0728 e. The van der Waals surface area contributed by atoms with Gasteiger partial charge >= 0.3 is 0 Å². The molecule has 0 N–H and O–H groups in total. The molecule has 9 aromatic carbocycles. The molecule has 0 saturated carbocycles. The van der Waals surface area contributed by atoms with Crippen LogP contribution in [0.15, 0.2) is 243 Å². The molecule has 0 amide bonds. The van der Waals surface area contributed by atoms with Crippen molar-refractivity contribution in [3.05, 3.63) is 287 Å². The van der Waals surface area contributed by atoms with Crippen LogP contribution < -0.4 is 4.90 Å². The summed E-state index contributed by atoms with van der Waals surface area (Å²) in [7, 11) is 0. The van der Waals surface area contributed by atoms with Gasteiger partial charge in [-0.1, -0.05) is 212 Å². The van der Waals surface area contributed by atoms with Crippen LogP contribution in [0.5, 0.6) is 0 Å². The normalized spacial score (nSPS) is 19.4. The van der Waals surface area contributed by atoms with Gasteiger partial charge in [0.15, 0.2) is 0 Å². The molecule has 1 nitrogen and oxygen atoms in total. The van der Waals surface area contributed by atoms with E-state index in [1.165, 1.54) is 72.0 Å². The van der Waals surface area contributed by atoms with Crippen molar-refractivity contribution in [3.8, 4) is 11.1 Å². The number of rotatable bonds is 7. The van der Waals surface area contributed by atoms with E-state index in [0.717, 1.165) is 23.5 Å². The van der Waals surface area contributed by atoms with Crippen LogP contribution in [0.2, 0.25) is 0 Å². The zero-order chi connectivity index (χ0) is 40.4. The van der Waals surface area contributed by atoms with Gasteiger partial charge in [0.05, 0.1) is 16.5 Å². The fourth-order valence-corrected chi connectivity index (χ4v) is 11.5. The molecule has 1 heteroatoms. The Labute approximate surface area is 358 Å². The molecule has 3 unspecified atom stereocenters. The second kappa shape index (κ2) is 14.1. The quantitative estimate of drug-likeness (QED) is 0.156. The van der Waals surface area contributed by atoms with Crippen molar-refractivity contribution in [1.29, 1.82) is 0 Å². The van der Waals surface area contributed by atoms with Crippen LogP contribution in [-0.4, -0.2) is 0 Å². The highest BCUT2D eigenvalue weighted by atomic mass is 15.1. The Morgan fingerprint density at radius 1 is 0.426 bits per heavy atom. The average molecular weight is 778 g/mol. The van der Waals surface area contributed by atoms with Gasteiger partial charge in [0, 0.05) is 17.3 Å². The predicted molar refractivity (Wildman–Crippen MR) is 254 cm³/mol. The molecule has 0 heterocycles. The minimum Gasteiger partial charge on any atom is -0.310 e. The van der Waals surface area contributed by atoms with Gasteiger partial charge in [-0.05, 0) is 109 Å². The number of para-hydroxylation sites is 2. The van der Waals surface area contributed by atoms with E-state index in [4.69, 9.17) is 0 Å². The lowest BCUT2D eigenvalue weighted by molar-refractivity contribution is 0.454. The summed E-state index contributed by atoms with van der Waals surface area (Å²) in [6, 6.07) is 83.8. The Kier molecular flexibility index (Phi) is 8.18. The van der Waals surface area contributed by atoms with Crippen molar-refractivity contribution in [1.82, 2.24) is 0 Å². The highest BCUT2D eigenvalue weighted by Gasteiger charge is 2.60. The Bertz CT molecular complexity index is 3160. The van der Waals surface area contributed by atoms with E-state index in [0.29, 0.717) is 0 Å². The number of hydrogen-bond donors (Lipinski definition) is 0. The number of allylic oxidation sites excluding steroid dienone is 4. The molecule has 3 aliphatic rings. The molecule has 0 bridgehead atoms. The second-order valence-corrected chi connectivity index (χ2v) is 16.7. The van der Waals surface area contributed by atoms with E-state index in [-0.39, 0.29) is 11.3 Å². The molecule has 61 heavy (non-hydrogen) atoms. The zero-order valence-electron chi connectivity index (χ0n) is 33.8. The molecule has 12 rings (SSSR count). The lowest BCUT2D eigenvalue weighted by Gasteiger charge is -2.51. The fourth-order valence-electron chi connectivity index (χ4n) is 11.5. The Morgan fingerprint density at radius 3 is 1.79 bits per heavy atom. The largest absolute Gasteiger partial charge is 0.310 e. The van der Waals surface area contributed by atoms with Crippen molar-refractivity contribution in [2.45, 2.75) is 17.3 Å². The van der Waals surface area contributed by atoms with Crippen LogP contribution in [-0.2, 0) is 10.8 Å². The molecule has 0 saturated heterocycles. The minimum atomic E-state index is -0.671. The lowest BCUT2D eigenvalue weighted by atomic mass is 9.50. The molecule has 0 radical (unpaired) electrons. The standard InChI is InChI=1S/C60H43N/c1-4-22-44(23-5-1)59(53-33-14-15-34-54(53)60(45-24-6-2-7-25-45)52-32-13-12-29-50(52)51-31-19-36-56(59)58(51)60)55-35-16-17-37-57(55)61(46-26-8-3-9-27-46)47-40-38-43(39-41-47)49-30-18-21-42-20-10-11-28-48(42)49/h1-31,33-41,52H,32H2. The molecule has 0 fully saturated rings. The van der Waals surface area contributed by atoms with E-state index in [1.54, 1.807) is 0 Å². The van der Waals surface area contributed by atoms with Gasteiger partial charge in [-0.15, -0.1) is 0 Å². The molecule has 3 atom stereocenters. The Morgan fingerprint density at radius 2 is 1.00 bits per heavy atom. The number of nitrogens with zero attached hydrogens (tertiary/aromatic N) is 1. The summed E-state index contributed by atoms with van der Waals surface area (Å²) in [4.78, 5) is 2.48. The Balaban J connectivity index is 1.16. The zero-order valence-corrected chi connectivity index (χ0v) is 33.8. The van der Waals surface area contributed by atoms with E-state index < -0.39 is 5.41 Å². The molecule has 0 aliphatic heterocycles. The monoisotopic (exact) mass is 777 g/mol. The van der Waals surface area contributed by atoms with Crippen molar-refractivity contribution in [2.24, 2.45) is 5.92 Å². The summed E-state index contributed by atoms with van der Waals surface area (Å²) < 4.78 is 0. The molecule has 9 aromatic rings. The minimum absolute atomic E-state index is 0.266. The molecule has 3 aliphatic carbocycles. The molecular formula is C60H43N. The maximum absolute atomic E-state index is 2.48. The van der Waals surface area contributed by atoms with Gasteiger partial charge in [-0.25, -0.2) is 0 Å². The average Bonchev–Trinajstić information content (AvgIpc) is 3.65. The van der Waals surface area contributed by atoms with E-state index in [1.807, 2.05) is 0 Å². The molecule has 0 spiro atoms. The van der Waals surface area contributed by atoms with Crippen LogP contribution >= 0.6 is 0 Å². The Hall–Kier alpha value is -7.48. The number of anilines is 3. The number of fused-ring (bicyclic) bond motifs is 6. The molecule has 0 aromatic heterocycles. The third-order valence-corrected chi connectivity index (χ3v) is 13.8. The maximum atomic E-state index is 2.48. The lowest BCUT2D eigenvalue weighted by Crippen LogP contribution is -2.46. The predicted octanol–water partition coefficient (Wildman–Crippen LogP) is 15.0. The number of hydrogen-bond acceptors (Lipinski definition) is 1. The van der Waals surface area contributed by atoms with E-state index in [9.17, 15) is 0 Å². The maximum Gasteiger partial charge on any atom is 0.0728 e. The van der Waals surface area contributed by atoms with E-state index >= 15 is 0 Å². The summed E-state index contributed by atoms with van der Waals surface area (Å²) >= 11 is 0. The summed E-state index contributed by atoms with van der Waals surface area (Å²) in [5.74, 6) is 0.266. The third-order valence-electron chi connectivity index (χ3n) is 13.8. The van der Waals surface area contributed by atoms with Gasteiger partial charge in [0.1, 0.15) is 0 Å². The first-order valence-corrected chi connectivity index (χ1v) is 21.5. The number of benzene rings is 9. The van der Waals surface area contributed by atoms with Gasteiger partial charge in [0.25, 0.3) is 0 Å². The summed E-state index contributed by atoms with van der Waals surface area (Å²) in [6.45, 7) is 0. The van der Waals surface area contributed by atoms with Crippen molar-refractivity contribution in [2.75, 3.05) is 4.90 Å².